The van der Waals surface area contributed by atoms with E-state index < -0.39 is 0 Å². The van der Waals surface area contributed by atoms with E-state index in [9.17, 15) is 0 Å². The molecule has 3 heteroatoms. The fraction of sp³-hybridized carbons (Fsp3) is 0.350. The number of allylic oxidation sites excluding steroid dienone is 5. The van der Waals surface area contributed by atoms with E-state index in [1.165, 1.54) is 52.1 Å². The Hall–Kier alpha value is -0.227. The van der Waals surface area contributed by atoms with Crippen LogP contribution in [0, 0.1) is 11.5 Å². The summed E-state index contributed by atoms with van der Waals surface area (Å²) in [5.74, 6) is 0.432. The zero-order valence-corrected chi connectivity index (χ0v) is 18.5. The van der Waals surface area contributed by atoms with E-state index in [4.69, 9.17) is 0 Å². The van der Waals surface area contributed by atoms with Gasteiger partial charge in [-0.25, -0.2) is 5.57 Å². The number of halogens is 2. The molecule has 0 fully saturated rings. The summed E-state index contributed by atoms with van der Waals surface area (Å²) < 4.78 is 2.09. The Kier molecular flexibility index (Phi) is 9.22. The zero-order valence-electron chi connectivity index (χ0n) is 14.4. The van der Waals surface area contributed by atoms with Crippen molar-refractivity contribution in [2.75, 3.05) is 0 Å². The van der Waals surface area contributed by atoms with Crippen molar-refractivity contribution < 1.29 is 24.2 Å². The Labute approximate surface area is 168 Å². The summed E-state index contributed by atoms with van der Waals surface area (Å²) in [6.07, 6.45) is 8.30. The predicted molar refractivity (Wildman–Crippen MR) is 103 cm³/mol. The average Bonchev–Trinajstić information content (AvgIpc) is 2.97. The molecule has 2 atom stereocenters. The van der Waals surface area contributed by atoms with Crippen molar-refractivity contribution >= 4 is 34.6 Å². The van der Waals surface area contributed by atoms with Gasteiger partial charge >= 0.3 is 34.9 Å². The van der Waals surface area contributed by atoms with Gasteiger partial charge in [-0.15, -0.1) is 31.7 Å². The predicted octanol–water partition coefficient (Wildman–Crippen LogP) is 6.10. The fourth-order valence-electron chi connectivity index (χ4n) is 3.31. The first-order valence-corrected chi connectivity index (χ1v) is 8.90. The minimum Gasteiger partial charge on any atom is -0.147 e. The Morgan fingerprint density at radius 3 is 2.22 bits per heavy atom. The van der Waals surface area contributed by atoms with E-state index >= 15 is 0 Å². The van der Waals surface area contributed by atoms with Crippen LogP contribution in [-0.4, -0.2) is 3.71 Å². The van der Waals surface area contributed by atoms with E-state index in [0.717, 1.165) is 0 Å². The number of benzene rings is 1. The molecule has 0 aromatic heterocycles. The molecular formula is C20H25Cl2Zr-. The van der Waals surface area contributed by atoms with Crippen LogP contribution < -0.4 is 0 Å². The van der Waals surface area contributed by atoms with Crippen molar-refractivity contribution in [3.05, 3.63) is 64.3 Å². The Balaban J connectivity index is 0.000000902. The summed E-state index contributed by atoms with van der Waals surface area (Å²) in [6, 6.07) is 8.71. The van der Waals surface area contributed by atoms with Crippen molar-refractivity contribution in [2.24, 2.45) is 5.41 Å². The molecule has 0 nitrogen and oxygen atoms in total. The molecule has 2 aliphatic rings. The van der Waals surface area contributed by atoms with Gasteiger partial charge in [-0.2, -0.15) is 11.1 Å². The molecule has 0 heterocycles. The first kappa shape index (κ1) is 22.8. The van der Waals surface area contributed by atoms with Crippen LogP contribution in [0.2, 0.25) is 0 Å². The summed E-state index contributed by atoms with van der Waals surface area (Å²) >= 11 is 1.51. The topological polar surface area (TPSA) is 0 Å². The number of hydrogen-bond donors (Lipinski definition) is 0. The molecular weight excluding hydrogens is 402 g/mol. The first-order chi connectivity index (χ1) is 9.95. The van der Waals surface area contributed by atoms with Gasteiger partial charge in [0.05, 0.1) is 0 Å². The van der Waals surface area contributed by atoms with Gasteiger partial charge in [0.15, 0.2) is 0 Å². The molecule has 0 saturated carbocycles. The second-order valence-corrected chi connectivity index (χ2v) is 7.38. The van der Waals surface area contributed by atoms with Gasteiger partial charge in [0, 0.05) is 0 Å². The maximum Gasteiger partial charge on any atom is -0.147 e. The van der Waals surface area contributed by atoms with Gasteiger partial charge in [-0.05, 0) is 17.0 Å². The maximum atomic E-state index is 3.70. The smallest absolute Gasteiger partial charge is 0.147 e. The zero-order chi connectivity index (χ0) is 15.6. The molecule has 0 saturated heterocycles. The van der Waals surface area contributed by atoms with Gasteiger partial charge in [0.2, 0.25) is 0 Å². The van der Waals surface area contributed by atoms with Crippen LogP contribution in [0.4, 0.5) is 0 Å². The van der Waals surface area contributed by atoms with Crippen molar-refractivity contribution in [3.8, 4) is 0 Å². The molecule has 1 aromatic rings. The minimum atomic E-state index is 0. The van der Waals surface area contributed by atoms with E-state index in [-0.39, 0.29) is 30.2 Å². The van der Waals surface area contributed by atoms with Crippen molar-refractivity contribution in [3.63, 3.8) is 0 Å². The SMILES string of the molecule is CC1=[C-]C(C)(C2C=Cc3ccccc32)C(C)=C1C.C[CH]=[Zr].Cl.Cl. The molecule has 124 valence electrons. The normalized spacial score (nSPS) is 23.8. The number of hydrogen-bond acceptors (Lipinski definition) is 0. The Bertz CT molecular complexity index is 655. The van der Waals surface area contributed by atoms with Crippen LogP contribution in [-0.2, 0) is 24.2 Å². The standard InChI is InChI=1S/C18H19.C2H4.2ClH.Zr/c1-12-11-18(4,14(3)13(12)2)17-10-9-15-7-5-6-8-16(15)17;1-2;;;/h5-10,17H,1-4H3;1H,2H3;2*1H;/q-1;;;;. The molecule has 0 bridgehead atoms. The molecule has 3 rings (SSSR count). The van der Waals surface area contributed by atoms with Crippen molar-refractivity contribution in [2.45, 2.75) is 40.5 Å². The average molecular weight is 428 g/mol. The second-order valence-electron chi connectivity index (χ2n) is 5.96. The molecule has 2 aliphatic carbocycles. The second kappa shape index (κ2) is 9.31. The Morgan fingerprint density at radius 1 is 1.13 bits per heavy atom. The number of fused-ring (bicyclic) bond motifs is 1. The molecule has 0 radical (unpaired) electrons. The molecule has 1 aromatic carbocycles. The summed E-state index contributed by atoms with van der Waals surface area (Å²) in [7, 11) is 0. The molecule has 0 amide bonds. The summed E-state index contributed by atoms with van der Waals surface area (Å²) in [6.45, 7) is 11.0. The van der Waals surface area contributed by atoms with Gasteiger partial charge in [-0.1, -0.05) is 62.6 Å². The van der Waals surface area contributed by atoms with Crippen LogP contribution in [0.5, 0.6) is 0 Å². The van der Waals surface area contributed by atoms with Gasteiger partial charge < -0.3 is 0 Å². The van der Waals surface area contributed by atoms with Crippen LogP contribution in [0.25, 0.3) is 6.08 Å². The third-order valence-electron chi connectivity index (χ3n) is 4.77. The third-order valence-corrected chi connectivity index (χ3v) is 4.77. The van der Waals surface area contributed by atoms with Gasteiger partial charge in [0.1, 0.15) is 0 Å². The van der Waals surface area contributed by atoms with Crippen molar-refractivity contribution in [1.29, 1.82) is 0 Å². The van der Waals surface area contributed by atoms with Crippen LogP contribution in [0.3, 0.4) is 0 Å². The molecule has 2 unspecified atom stereocenters. The largest absolute Gasteiger partial charge is 0.147 e. The Morgan fingerprint density at radius 2 is 1.70 bits per heavy atom. The monoisotopic (exact) mass is 425 g/mol. The third kappa shape index (κ3) is 4.25. The quantitative estimate of drug-likeness (QED) is 0.475. The maximum absolute atomic E-state index is 3.70. The number of rotatable bonds is 1. The molecule has 0 aliphatic heterocycles. The van der Waals surface area contributed by atoms with E-state index in [1.807, 2.05) is 6.92 Å². The molecule has 23 heavy (non-hydrogen) atoms. The summed E-state index contributed by atoms with van der Waals surface area (Å²) in [4.78, 5) is 0. The summed E-state index contributed by atoms with van der Waals surface area (Å²) in [5.41, 5.74) is 7.02. The van der Waals surface area contributed by atoms with Crippen LogP contribution in [0.1, 0.15) is 51.7 Å². The summed E-state index contributed by atoms with van der Waals surface area (Å²) in [5, 5.41) is 0. The van der Waals surface area contributed by atoms with Gasteiger partial charge in [-0.3, -0.25) is 6.08 Å². The van der Waals surface area contributed by atoms with Gasteiger partial charge in [0.25, 0.3) is 0 Å². The fourth-order valence-corrected chi connectivity index (χ4v) is 3.31. The van der Waals surface area contributed by atoms with Crippen LogP contribution >= 0.6 is 24.8 Å². The van der Waals surface area contributed by atoms with E-state index in [2.05, 4.69) is 73.9 Å². The minimum absolute atomic E-state index is 0. The van der Waals surface area contributed by atoms with E-state index in [0.29, 0.717) is 5.92 Å². The van der Waals surface area contributed by atoms with Crippen LogP contribution in [0.15, 0.2) is 47.1 Å². The first-order valence-electron chi connectivity index (χ1n) is 7.48. The van der Waals surface area contributed by atoms with Crippen molar-refractivity contribution in [1.82, 2.24) is 0 Å². The molecule has 0 N–H and O–H groups in total. The van der Waals surface area contributed by atoms with E-state index in [1.54, 1.807) is 0 Å². The molecule has 0 spiro atoms.